The van der Waals surface area contributed by atoms with E-state index in [4.69, 9.17) is 10.3 Å². The first-order valence-electron chi connectivity index (χ1n) is 5.51. The smallest absolute Gasteiger partial charge is 0.233 e. The summed E-state index contributed by atoms with van der Waals surface area (Å²) in [5, 5.41) is 4.04. The summed E-state index contributed by atoms with van der Waals surface area (Å²) >= 11 is 0. The van der Waals surface area contributed by atoms with Crippen LogP contribution >= 0.6 is 0 Å². The molecule has 1 aromatic heterocycles. The van der Waals surface area contributed by atoms with Crippen LogP contribution in [-0.2, 0) is 0 Å². The van der Waals surface area contributed by atoms with Gasteiger partial charge >= 0.3 is 0 Å². The second-order valence-corrected chi connectivity index (χ2v) is 4.70. The van der Waals surface area contributed by atoms with Gasteiger partial charge in [-0.15, -0.1) is 0 Å². The van der Waals surface area contributed by atoms with Gasteiger partial charge in [0.15, 0.2) is 5.82 Å². The third-order valence-electron chi connectivity index (χ3n) is 3.33. The fourth-order valence-electron chi connectivity index (χ4n) is 2.14. The monoisotopic (exact) mass is 205 g/mol. The minimum atomic E-state index is 0.144. The van der Waals surface area contributed by atoms with Gasteiger partial charge in [0.1, 0.15) is 0 Å². The topological polar surface area (TPSA) is 64.9 Å². The quantitative estimate of drug-likeness (QED) is 0.744. The highest BCUT2D eigenvalue weighted by Gasteiger charge is 2.38. The van der Waals surface area contributed by atoms with Gasteiger partial charge in [-0.05, 0) is 18.8 Å². The van der Waals surface area contributed by atoms with Gasteiger partial charge in [-0.3, -0.25) is 0 Å². The van der Waals surface area contributed by atoms with E-state index in [2.05, 4.69) is 23.1 Å². The number of hydrogen-bond donors (Lipinski definition) is 1. The molecule has 80 valence electrons. The second-order valence-electron chi connectivity index (χ2n) is 4.70. The fraction of sp³-hybridized carbons (Fsp3) is 0.636. The molecule has 4 atom stereocenters. The average molecular weight is 205 g/mol. The zero-order valence-electron chi connectivity index (χ0n) is 8.76. The Labute approximate surface area is 88.5 Å². The van der Waals surface area contributed by atoms with Crippen molar-refractivity contribution in [3.8, 4) is 0 Å². The van der Waals surface area contributed by atoms with E-state index in [1.807, 2.05) is 6.08 Å². The fourth-order valence-corrected chi connectivity index (χ4v) is 2.14. The van der Waals surface area contributed by atoms with E-state index in [0.717, 1.165) is 24.1 Å². The molecule has 0 aliphatic heterocycles. The van der Waals surface area contributed by atoms with Crippen LogP contribution in [0, 0.1) is 5.92 Å². The first kappa shape index (κ1) is 9.09. The number of hydrogen-bond acceptors (Lipinski definition) is 4. The molecule has 0 bridgehead atoms. The molecule has 0 radical (unpaired) electrons. The molecule has 2 N–H and O–H groups in total. The molecule has 2 aliphatic carbocycles. The third kappa shape index (κ3) is 1.59. The number of aromatic nitrogens is 2. The van der Waals surface area contributed by atoms with Crippen LogP contribution in [0.15, 0.2) is 16.7 Å². The molecule has 4 unspecified atom stereocenters. The van der Waals surface area contributed by atoms with Crippen molar-refractivity contribution in [2.24, 2.45) is 11.7 Å². The van der Waals surface area contributed by atoms with Gasteiger partial charge in [-0.25, -0.2) is 0 Å². The van der Waals surface area contributed by atoms with Gasteiger partial charge in [0, 0.05) is 12.0 Å². The SMILES string of the molecule is CC1CC1c1noc(C2C=CC(N)C2)n1. The number of nitrogens with two attached hydrogens (primary N) is 1. The summed E-state index contributed by atoms with van der Waals surface area (Å²) in [5.74, 6) is 3.09. The predicted octanol–water partition coefficient (Wildman–Crippen LogP) is 1.56. The lowest BCUT2D eigenvalue weighted by atomic mass is 10.1. The van der Waals surface area contributed by atoms with E-state index in [-0.39, 0.29) is 12.0 Å². The molecule has 4 heteroatoms. The summed E-state index contributed by atoms with van der Waals surface area (Å²) in [6.45, 7) is 2.21. The van der Waals surface area contributed by atoms with E-state index >= 15 is 0 Å². The second kappa shape index (κ2) is 3.17. The van der Waals surface area contributed by atoms with Gasteiger partial charge < -0.3 is 10.3 Å². The van der Waals surface area contributed by atoms with E-state index in [1.54, 1.807) is 0 Å². The Morgan fingerprint density at radius 1 is 1.40 bits per heavy atom. The Hall–Kier alpha value is -1.16. The van der Waals surface area contributed by atoms with Crippen molar-refractivity contribution < 1.29 is 4.52 Å². The van der Waals surface area contributed by atoms with Crippen LogP contribution in [0.2, 0.25) is 0 Å². The summed E-state index contributed by atoms with van der Waals surface area (Å²) in [4.78, 5) is 4.45. The highest BCUT2D eigenvalue weighted by atomic mass is 16.5. The van der Waals surface area contributed by atoms with Gasteiger partial charge in [0.25, 0.3) is 0 Å². The summed E-state index contributed by atoms with van der Waals surface area (Å²) in [6.07, 6.45) is 6.16. The molecule has 1 fully saturated rings. The van der Waals surface area contributed by atoms with Crippen LogP contribution in [0.5, 0.6) is 0 Å². The molecule has 0 aromatic carbocycles. The number of rotatable bonds is 2. The zero-order chi connectivity index (χ0) is 10.4. The average Bonchev–Trinajstić information content (AvgIpc) is 2.71. The number of nitrogens with zero attached hydrogens (tertiary/aromatic N) is 2. The summed E-state index contributed by atoms with van der Waals surface area (Å²) < 4.78 is 5.28. The van der Waals surface area contributed by atoms with Crippen molar-refractivity contribution in [3.05, 3.63) is 23.9 Å². The van der Waals surface area contributed by atoms with Crippen LogP contribution in [0.3, 0.4) is 0 Å². The Balaban J connectivity index is 1.76. The lowest BCUT2D eigenvalue weighted by Gasteiger charge is -2.01. The molecule has 3 rings (SSSR count). The zero-order valence-corrected chi connectivity index (χ0v) is 8.76. The molecule has 1 heterocycles. The Morgan fingerprint density at radius 2 is 2.20 bits per heavy atom. The van der Waals surface area contributed by atoms with E-state index in [1.165, 1.54) is 6.42 Å². The molecule has 4 nitrogen and oxygen atoms in total. The molecule has 0 amide bonds. The lowest BCUT2D eigenvalue weighted by molar-refractivity contribution is 0.359. The molecule has 2 aliphatic rings. The van der Waals surface area contributed by atoms with Crippen LogP contribution in [0.4, 0.5) is 0 Å². The van der Waals surface area contributed by atoms with Crippen molar-refractivity contribution in [1.82, 2.24) is 10.1 Å². The van der Waals surface area contributed by atoms with Crippen LogP contribution in [0.1, 0.15) is 43.3 Å². The largest absolute Gasteiger partial charge is 0.339 e. The normalized spacial score (nSPS) is 38.5. The van der Waals surface area contributed by atoms with Crippen LogP contribution in [-0.4, -0.2) is 16.2 Å². The Kier molecular flexibility index (Phi) is 1.92. The molecule has 15 heavy (non-hydrogen) atoms. The number of allylic oxidation sites excluding steroid dienone is 1. The van der Waals surface area contributed by atoms with Gasteiger partial charge in [-0.2, -0.15) is 4.98 Å². The first-order valence-corrected chi connectivity index (χ1v) is 5.51. The molecule has 1 saturated carbocycles. The Bertz CT molecular complexity index is 398. The van der Waals surface area contributed by atoms with E-state index < -0.39 is 0 Å². The van der Waals surface area contributed by atoms with Gasteiger partial charge in [0.2, 0.25) is 5.89 Å². The molecule has 1 aromatic rings. The third-order valence-corrected chi connectivity index (χ3v) is 3.33. The van der Waals surface area contributed by atoms with Gasteiger partial charge in [-0.1, -0.05) is 24.2 Å². The molecular weight excluding hydrogens is 190 g/mol. The van der Waals surface area contributed by atoms with Crippen molar-refractivity contribution in [1.29, 1.82) is 0 Å². The molecular formula is C11H15N3O. The lowest BCUT2D eigenvalue weighted by Crippen LogP contribution is -2.14. The van der Waals surface area contributed by atoms with Crippen molar-refractivity contribution in [2.75, 3.05) is 0 Å². The first-order chi connectivity index (χ1) is 7.24. The maximum absolute atomic E-state index is 5.79. The maximum atomic E-state index is 5.79. The van der Waals surface area contributed by atoms with Crippen molar-refractivity contribution in [2.45, 2.75) is 37.6 Å². The standard InChI is InChI=1S/C11H15N3O/c1-6-4-9(6)10-13-11(15-14-10)7-2-3-8(12)5-7/h2-3,6-9H,4-5,12H2,1H3. The summed E-state index contributed by atoms with van der Waals surface area (Å²) in [5.41, 5.74) is 5.79. The highest BCUT2D eigenvalue weighted by molar-refractivity contribution is 5.17. The summed E-state index contributed by atoms with van der Waals surface area (Å²) in [6, 6.07) is 0.144. The molecule has 0 spiro atoms. The summed E-state index contributed by atoms with van der Waals surface area (Å²) in [7, 11) is 0. The highest BCUT2D eigenvalue weighted by Crippen LogP contribution is 2.45. The molecule has 0 saturated heterocycles. The van der Waals surface area contributed by atoms with Crippen LogP contribution in [0.25, 0.3) is 0 Å². The van der Waals surface area contributed by atoms with E-state index in [9.17, 15) is 0 Å². The maximum Gasteiger partial charge on any atom is 0.233 e. The predicted molar refractivity (Wildman–Crippen MR) is 55.3 cm³/mol. The van der Waals surface area contributed by atoms with Crippen molar-refractivity contribution >= 4 is 0 Å². The van der Waals surface area contributed by atoms with E-state index in [0.29, 0.717) is 5.92 Å². The minimum absolute atomic E-state index is 0.144. The minimum Gasteiger partial charge on any atom is -0.339 e. The van der Waals surface area contributed by atoms with Gasteiger partial charge in [0.05, 0.1) is 5.92 Å². The van der Waals surface area contributed by atoms with Crippen molar-refractivity contribution in [3.63, 3.8) is 0 Å². The Morgan fingerprint density at radius 3 is 2.80 bits per heavy atom. The van der Waals surface area contributed by atoms with Crippen LogP contribution < -0.4 is 5.73 Å².